The number of hydrazine groups is 1. The third-order valence-corrected chi connectivity index (χ3v) is 6.81. The van der Waals surface area contributed by atoms with Crippen molar-refractivity contribution in [3.05, 3.63) is 28.8 Å². The molecule has 5 nitrogen and oxygen atoms in total. The Balaban J connectivity index is 1.86. The molecule has 0 bridgehead atoms. The molecular formula is C15H22ClN3O2S. The Labute approximate surface area is 136 Å². The van der Waals surface area contributed by atoms with Crippen LogP contribution in [0.1, 0.15) is 38.3 Å². The number of rotatable bonds is 3. The van der Waals surface area contributed by atoms with Crippen molar-refractivity contribution < 1.29 is 8.42 Å². The van der Waals surface area contributed by atoms with Gasteiger partial charge in [0.15, 0.2) is 9.84 Å². The number of nitrogens with one attached hydrogen (secondary N) is 3. The van der Waals surface area contributed by atoms with Crippen molar-refractivity contribution in [1.29, 1.82) is 0 Å². The zero-order chi connectivity index (χ0) is 15.9. The molecule has 0 aliphatic carbocycles. The third-order valence-electron chi connectivity index (χ3n) is 4.76. The van der Waals surface area contributed by atoms with E-state index in [9.17, 15) is 8.42 Å². The lowest BCUT2D eigenvalue weighted by atomic mass is 9.97. The monoisotopic (exact) mass is 343 g/mol. The summed E-state index contributed by atoms with van der Waals surface area (Å²) in [5.74, 6) is 0.594. The standard InChI is InChI=1S/C15H22ClN3O2S/c1-3-12-9(2)15(19-18-12)17-13-6-7-22(20,21)14-5-4-10(16)8-11(13)14/h4-5,8-9,12-13,15,17-19H,3,6-7H2,1-2H3. The molecule has 1 saturated heterocycles. The summed E-state index contributed by atoms with van der Waals surface area (Å²) < 4.78 is 24.5. The van der Waals surface area contributed by atoms with Gasteiger partial charge in [0.25, 0.3) is 0 Å². The van der Waals surface area contributed by atoms with E-state index >= 15 is 0 Å². The quantitative estimate of drug-likeness (QED) is 0.783. The predicted molar refractivity (Wildman–Crippen MR) is 87.3 cm³/mol. The Morgan fingerprint density at radius 1 is 1.36 bits per heavy atom. The van der Waals surface area contributed by atoms with E-state index in [0.717, 1.165) is 12.0 Å². The second-order valence-corrected chi connectivity index (χ2v) is 8.66. The number of hydrogen-bond acceptors (Lipinski definition) is 5. The lowest BCUT2D eigenvalue weighted by Crippen LogP contribution is -2.46. The largest absolute Gasteiger partial charge is 0.294 e. The Morgan fingerprint density at radius 2 is 2.14 bits per heavy atom. The first-order valence-corrected chi connectivity index (χ1v) is 9.74. The average molecular weight is 344 g/mol. The summed E-state index contributed by atoms with van der Waals surface area (Å²) in [4.78, 5) is 0.409. The number of benzene rings is 1. The predicted octanol–water partition coefficient (Wildman–Crippen LogP) is 2.00. The molecule has 0 radical (unpaired) electrons. The number of hydrogen-bond donors (Lipinski definition) is 3. The maximum atomic E-state index is 12.2. The summed E-state index contributed by atoms with van der Waals surface area (Å²) in [6.45, 7) is 4.35. The maximum absolute atomic E-state index is 12.2. The zero-order valence-electron chi connectivity index (χ0n) is 12.8. The molecule has 4 atom stereocenters. The van der Waals surface area contributed by atoms with Gasteiger partial charge in [0.1, 0.15) is 0 Å². The molecule has 4 unspecified atom stereocenters. The van der Waals surface area contributed by atoms with E-state index < -0.39 is 9.84 Å². The highest BCUT2D eigenvalue weighted by Gasteiger charge is 2.36. The molecule has 0 aromatic heterocycles. The van der Waals surface area contributed by atoms with Crippen molar-refractivity contribution >= 4 is 21.4 Å². The second kappa shape index (κ2) is 6.09. The molecule has 122 valence electrons. The first kappa shape index (κ1) is 16.2. The molecule has 0 spiro atoms. The van der Waals surface area contributed by atoms with Gasteiger partial charge in [-0.2, -0.15) is 0 Å². The second-order valence-electron chi connectivity index (χ2n) is 6.15. The Hall–Kier alpha value is -0.660. The number of halogens is 1. The zero-order valence-corrected chi connectivity index (χ0v) is 14.3. The van der Waals surface area contributed by atoms with Crippen LogP contribution < -0.4 is 16.2 Å². The van der Waals surface area contributed by atoms with Crippen LogP contribution in [0.2, 0.25) is 5.02 Å². The molecule has 22 heavy (non-hydrogen) atoms. The first-order valence-electron chi connectivity index (χ1n) is 7.71. The van der Waals surface area contributed by atoms with Crippen molar-refractivity contribution in [2.75, 3.05) is 5.75 Å². The van der Waals surface area contributed by atoms with Crippen LogP contribution in [0.5, 0.6) is 0 Å². The molecular weight excluding hydrogens is 322 g/mol. The van der Waals surface area contributed by atoms with E-state index in [1.807, 2.05) is 0 Å². The topological polar surface area (TPSA) is 70.2 Å². The highest BCUT2D eigenvalue weighted by molar-refractivity contribution is 7.91. The van der Waals surface area contributed by atoms with Crippen LogP contribution in [-0.4, -0.2) is 26.4 Å². The summed E-state index contributed by atoms with van der Waals surface area (Å²) in [5.41, 5.74) is 7.35. The molecule has 2 aliphatic heterocycles. The molecule has 0 saturated carbocycles. The fourth-order valence-electron chi connectivity index (χ4n) is 3.36. The Morgan fingerprint density at radius 3 is 2.82 bits per heavy atom. The number of sulfone groups is 1. The molecule has 1 fully saturated rings. The first-order chi connectivity index (χ1) is 10.4. The van der Waals surface area contributed by atoms with Crippen LogP contribution in [0.25, 0.3) is 0 Å². The molecule has 1 aromatic rings. The van der Waals surface area contributed by atoms with Crippen molar-refractivity contribution in [1.82, 2.24) is 16.2 Å². The minimum absolute atomic E-state index is 0.00502. The van der Waals surface area contributed by atoms with E-state index in [1.54, 1.807) is 18.2 Å². The summed E-state index contributed by atoms with van der Waals surface area (Å²) >= 11 is 6.08. The highest BCUT2D eigenvalue weighted by atomic mass is 35.5. The highest BCUT2D eigenvalue weighted by Crippen LogP contribution is 2.34. The van der Waals surface area contributed by atoms with Gasteiger partial charge in [0.05, 0.1) is 16.8 Å². The van der Waals surface area contributed by atoms with Gasteiger partial charge < -0.3 is 0 Å². The van der Waals surface area contributed by atoms with E-state index in [0.29, 0.717) is 28.3 Å². The Kier molecular flexibility index (Phi) is 4.49. The molecule has 2 aliphatic rings. The van der Waals surface area contributed by atoms with Gasteiger partial charge in [-0.1, -0.05) is 25.4 Å². The van der Waals surface area contributed by atoms with Crippen LogP contribution in [0, 0.1) is 5.92 Å². The summed E-state index contributed by atoms with van der Waals surface area (Å²) in [5, 5.41) is 4.13. The van der Waals surface area contributed by atoms with Gasteiger partial charge >= 0.3 is 0 Å². The van der Waals surface area contributed by atoms with Crippen molar-refractivity contribution in [2.24, 2.45) is 5.92 Å². The van der Waals surface area contributed by atoms with E-state index in [-0.39, 0.29) is 18.0 Å². The summed E-state index contributed by atoms with van der Waals surface area (Å²) in [6.07, 6.45) is 1.73. The third kappa shape index (κ3) is 2.90. The van der Waals surface area contributed by atoms with Crippen LogP contribution in [0.4, 0.5) is 0 Å². The SMILES string of the molecule is CCC1NNC(NC2CCS(=O)(=O)c3ccc(Cl)cc32)C1C. The molecule has 3 N–H and O–H groups in total. The lowest BCUT2D eigenvalue weighted by molar-refractivity contribution is 0.329. The van der Waals surface area contributed by atoms with Gasteiger partial charge in [-0.15, -0.1) is 0 Å². The minimum Gasteiger partial charge on any atom is -0.294 e. The van der Waals surface area contributed by atoms with E-state index in [2.05, 4.69) is 30.0 Å². The smallest absolute Gasteiger partial charge is 0.178 e. The van der Waals surface area contributed by atoms with Gasteiger partial charge in [0, 0.05) is 23.0 Å². The Bertz CT molecular complexity index is 665. The molecule has 0 amide bonds. The molecule has 1 aromatic carbocycles. The van der Waals surface area contributed by atoms with Gasteiger partial charge in [0.2, 0.25) is 0 Å². The maximum Gasteiger partial charge on any atom is 0.178 e. The molecule has 2 heterocycles. The van der Waals surface area contributed by atoms with Crippen LogP contribution in [-0.2, 0) is 9.84 Å². The fraction of sp³-hybridized carbons (Fsp3) is 0.600. The fourth-order valence-corrected chi connectivity index (χ4v) is 5.14. The number of fused-ring (bicyclic) bond motifs is 1. The van der Waals surface area contributed by atoms with E-state index in [4.69, 9.17) is 11.6 Å². The van der Waals surface area contributed by atoms with Crippen LogP contribution >= 0.6 is 11.6 Å². The van der Waals surface area contributed by atoms with Gasteiger partial charge in [-0.3, -0.25) is 10.7 Å². The van der Waals surface area contributed by atoms with Crippen LogP contribution in [0.15, 0.2) is 23.1 Å². The van der Waals surface area contributed by atoms with E-state index in [1.165, 1.54) is 0 Å². The van der Waals surface area contributed by atoms with Crippen LogP contribution in [0.3, 0.4) is 0 Å². The summed E-state index contributed by atoms with van der Waals surface area (Å²) in [6, 6.07) is 5.46. The van der Waals surface area contributed by atoms with Gasteiger partial charge in [-0.05, 0) is 36.6 Å². The average Bonchev–Trinajstić information content (AvgIpc) is 2.82. The normalized spacial score (nSPS) is 33.6. The van der Waals surface area contributed by atoms with Gasteiger partial charge in [-0.25, -0.2) is 13.8 Å². The molecule has 7 heteroatoms. The summed E-state index contributed by atoms with van der Waals surface area (Å²) in [7, 11) is -3.19. The lowest BCUT2D eigenvalue weighted by Gasteiger charge is -2.30. The minimum atomic E-state index is -3.19. The van der Waals surface area contributed by atoms with Crippen molar-refractivity contribution in [3.63, 3.8) is 0 Å². The molecule has 3 rings (SSSR count). The van der Waals surface area contributed by atoms with Crippen molar-refractivity contribution in [3.8, 4) is 0 Å². The van der Waals surface area contributed by atoms with Crippen molar-refractivity contribution in [2.45, 2.75) is 49.8 Å².